The highest BCUT2D eigenvalue weighted by Gasteiger charge is 2.54. The van der Waals surface area contributed by atoms with Crippen LogP contribution in [-0.2, 0) is 21.4 Å². The van der Waals surface area contributed by atoms with Gasteiger partial charge in [0.25, 0.3) is 0 Å². The monoisotopic (exact) mass is 419 g/mol. The molecule has 0 bridgehead atoms. The SMILES string of the molecule is COc1ccc(CC2CCOC3(CCN(C(=O)C4(c5ccccc5)CC4)CC3)C2)cc1. The lowest BCUT2D eigenvalue weighted by atomic mass is 9.77. The lowest BCUT2D eigenvalue weighted by Crippen LogP contribution is -2.52. The molecule has 0 N–H and O–H groups in total. The van der Waals surface area contributed by atoms with Crippen LogP contribution in [0.25, 0.3) is 0 Å². The molecule has 4 heteroatoms. The van der Waals surface area contributed by atoms with Gasteiger partial charge in [-0.05, 0) is 74.1 Å². The highest BCUT2D eigenvalue weighted by atomic mass is 16.5. The first kappa shape index (κ1) is 20.6. The Labute approximate surface area is 185 Å². The molecule has 3 aliphatic rings. The molecule has 1 atom stereocenters. The summed E-state index contributed by atoms with van der Waals surface area (Å²) in [5.41, 5.74) is 2.26. The molecule has 0 aromatic heterocycles. The summed E-state index contributed by atoms with van der Waals surface area (Å²) in [4.78, 5) is 15.5. The summed E-state index contributed by atoms with van der Waals surface area (Å²) in [7, 11) is 1.71. The molecular weight excluding hydrogens is 386 g/mol. The fraction of sp³-hybridized carbons (Fsp3) is 0.519. The van der Waals surface area contributed by atoms with Gasteiger partial charge in [-0.25, -0.2) is 0 Å². The van der Waals surface area contributed by atoms with Gasteiger partial charge in [-0.1, -0.05) is 42.5 Å². The van der Waals surface area contributed by atoms with E-state index in [4.69, 9.17) is 9.47 Å². The number of benzene rings is 2. The van der Waals surface area contributed by atoms with E-state index in [2.05, 4.69) is 41.3 Å². The van der Waals surface area contributed by atoms with Gasteiger partial charge in [0.1, 0.15) is 5.75 Å². The molecule has 1 saturated carbocycles. The van der Waals surface area contributed by atoms with E-state index in [1.165, 1.54) is 11.1 Å². The van der Waals surface area contributed by atoms with Gasteiger partial charge in [-0.3, -0.25) is 4.79 Å². The summed E-state index contributed by atoms with van der Waals surface area (Å²) in [6.07, 6.45) is 7.20. The molecule has 2 saturated heterocycles. The molecule has 31 heavy (non-hydrogen) atoms. The predicted molar refractivity (Wildman–Crippen MR) is 121 cm³/mol. The standard InChI is InChI=1S/C27H33NO3/c1-30-24-9-7-21(8-10-24)19-22-11-18-31-26(20-22)14-16-28(17-15-26)25(29)27(12-13-27)23-5-3-2-4-6-23/h2-10,22H,11-20H2,1H3. The van der Waals surface area contributed by atoms with E-state index in [-0.39, 0.29) is 11.0 Å². The highest BCUT2D eigenvalue weighted by Crippen LogP contribution is 2.50. The van der Waals surface area contributed by atoms with Crippen LogP contribution in [0.1, 0.15) is 49.7 Å². The Hall–Kier alpha value is -2.33. The average molecular weight is 420 g/mol. The van der Waals surface area contributed by atoms with Crippen molar-refractivity contribution >= 4 is 5.91 Å². The van der Waals surface area contributed by atoms with Crippen LogP contribution in [-0.4, -0.2) is 43.2 Å². The van der Waals surface area contributed by atoms with Crippen LogP contribution in [0.4, 0.5) is 0 Å². The van der Waals surface area contributed by atoms with Gasteiger partial charge in [-0.2, -0.15) is 0 Å². The second-order valence-electron chi connectivity index (χ2n) is 9.68. The maximum atomic E-state index is 13.4. The molecule has 2 aromatic carbocycles. The zero-order valence-corrected chi connectivity index (χ0v) is 18.5. The first-order valence-electron chi connectivity index (χ1n) is 11.7. The molecule has 2 aromatic rings. The van der Waals surface area contributed by atoms with E-state index in [1.54, 1.807) is 7.11 Å². The van der Waals surface area contributed by atoms with Crippen LogP contribution < -0.4 is 4.74 Å². The molecule has 2 heterocycles. The van der Waals surface area contributed by atoms with Crippen molar-refractivity contribution in [3.63, 3.8) is 0 Å². The van der Waals surface area contributed by atoms with Crippen LogP contribution in [0.2, 0.25) is 0 Å². The molecule has 5 rings (SSSR count). The van der Waals surface area contributed by atoms with Crippen molar-refractivity contribution in [2.75, 3.05) is 26.8 Å². The molecule has 0 radical (unpaired) electrons. The molecule has 3 fully saturated rings. The number of piperidine rings is 1. The number of carbonyl (C=O) groups is 1. The Morgan fingerprint density at radius 2 is 1.74 bits per heavy atom. The number of methoxy groups -OCH3 is 1. The van der Waals surface area contributed by atoms with Crippen molar-refractivity contribution in [2.45, 2.75) is 56.0 Å². The molecule has 2 aliphatic heterocycles. The molecule has 1 amide bonds. The Kier molecular flexibility index (Phi) is 5.51. The second-order valence-corrected chi connectivity index (χ2v) is 9.68. The minimum atomic E-state index is -0.254. The Bertz CT molecular complexity index is 896. The third-order valence-corrected chi connectivity index (χ3v) is 7.73. The lowest BCUT2D eigenvalue weighted by Gasteiger charge is -2.47. The van der Waals surface area contributed by atoms with Gasteiger partial charge in [0.05, 0.1) is 18.1 Å². The smallest absolute Gasteiger partial charge is 0.233 e. The summed E-state index contributed by atoms with van der Waals surface area (Å²) >= 11 is 0. The maximum absolute atomic E-state index is 13.4. The summed E-state index contributed by atoms with van der Waals surface area (Å²) in [6, 6.07) is 18.8. The molecule has 164 valence electrons. The fourth-order valence-corrected chi connectivity index (χ4v) is 5.68. The van der Waals surface area contributed by atoms with Crippen LogP contribution in [0.5, 0.6) is 5.75 Å². The topological polar surface area (TPSA) is 38.8 Å². The molecule has 1 unspecified atom stereocenters. The Morgan fingerprint density at radius 1 is 1.03 bits per heavy atom. The summed E-state index contributed by atoms with van der Waals surface area (Å²) in [5, 5.41) is 0. The Balaban J connectivity index is 1.20. The largest absolute Gasteiger partial charge is 0.497 e. The van der Waals surface area contributed by atoms with Gasteiger partial charge in [0, 0.05) is 19.7 Å². The third kappa shape index (κ3) is 4.10. The number of ether oxygens (including phenoxy) is 2. The first-order valence-corrected chi connectivity index (χ1v) is 11.7. The van der Waals surface area contributed by atoms with Gasteiger partial charge in [-0.15, -0.1) is 0 Å². The van der Waals surface area contributed by atoms with Gasteiger partial charge in [0.2, 0.25) is 5.91 Å². The highest BCUT2D eigenvalue weighted by molar-refractivity contribution is 5.91. The summed E-state index contributed by atoms with van der Waals surface area (Å²) in [6.45, 7) is 2.48. The van der Waals surface area contributed by atoms with Crippen molar-refractivity contribution in [2.24, 2.45) is 5.92 Å². The van der Waals surface area contributed by atoms with Crippen molar-refractivity contribution < 1.29 is 14.3 Å². The van der Waals surface area contributed by atoms with Crippen LogP contribution in [0.15, 0.2) is 54.6 Å². The quantitative estimate of drug-likeness (QED) is 0.702. The van der Waals surface area contributed by atoms with Crippen molar-refractivity contribution in [3.05, 3.63) is 65.7 Å². The van der Waals surface area contributed by atoms with E-state index in [0.29, 0.717) is 11.8 Å². The number of carbonyl (C=O) groups excluding carboxylic acids is 1. The van der Waals surface area contributed by atoms with E-state index >= 15 is 0 Å². The lowest BCUT2D eigenvalue weighted by molar-refractivity contribution is -0.149. The molecule has 4 nitrogen and oxygen atoms in total. The number of nitrogens with zero attached hydrogens (tertiary/aromatic N) is 1. The molecule has 1 aliphatic carbocycles. The predicted octanol–water partition coefficient (Wildman–Crippen LogP) is 4.76. The third-order valence-electron chi connectivity index (χ3n) is 7.73. The van der Waals surface area contributed by atoms with E-state index < -0.39 is 0 Å². The molecular formula is C27H33NO3. The maximum Gasteiger partial charge on any atom is 0.233 e. The van der Waals surface area contributed by atoms with Gasteiger partial charge >= 0.3 is 0 Å². The zero-order valence-electron chi connectivity index (χ0n) is 18.5. The van der Waals surface area contributed by atoms with Crippen LogP contribution >= 0.6 is 0 Å². The number of hydrogen-bond acceptors (Lipinski definition) is 3. The van der Waals surface area contributed by atoms with Gasteiger partial charge < -0.3 is 14.4 Å². The minimum absolute atomic E-state index is 0.0460. The normalized spacial score (nSPS) is 24.0. The zero-order chi connectivity index (χ0) is 21.3. The fourth-order valence-electron chi connectivity index (χ4n) is 5.68. The average Bonchev–Trinajstić information content (AvgIpc) is 3.63. The van der Waals surface area contributed by atoms with E-state index in [1.807, 2.05) is 18.2 Å². The van der Waals surface area contributed by atoms with Crippen molar-refractivity contribution in [1.29, 1.82) is 0 Å². The summed E-state index contributed by atoms with van der Waals surface area (Å²) < 4.78 is 11.6. The van der Waals surface area contributed by atoms with Crippen molar-refractivity contribution in [1.82, 2.24) is 4.90 Å². The second kappa shape index (κ2) is 8.31. The van der Waals surface area contributed by atoms with Crippen LogP contribution in [0.3, 0.4) is 0 Å². The number of hydrogen-bond donors (Lipinski definition) is 0. The summed E-state index contributed by atoms with van der Waals surface area (Å²) in [5.74, 6) is 1.89. The van der Waals surface area contributed by atoms with Gasteiger partial charge in [0.15, 0.2) is 0 Å². The molecule has 1 spiro atoms. The number of rotatable bonds is 5. The van der Waals surface area contributed by atoms with E-state index in [0.717, 1.165) is 70.4 Å². The number of likely N-dealkylation sites (tertiary alicyclic amines) is 1. The van der Waals surface area contributed by atoms with E-state index in [9.17, 15) is 4.79 Å². The number of amides is 1. The minimum Gasteiger partial charge on any atom is -0.497 e. The Morgan fingerprint density at radius 3 is 2.39 bits per heavy atom. The van der Waals surface area contributed by atoms with Crippen LogP contribution in [0, 0.1) is 5.92 Å². The first-order chi connectivity index (χ1) is 15.1. The van der Waals surface area contributed by atoms with Crippen molar-refractivity contribution in [3.8, 4) is 5.75 Å².